The van der Waals surface area contributed by atoms with Crippen molar-refractivity contribution >= 4 is 23.5 Å². The Morgan fingerprint density at radius 2 is 2.00 bits per heavy atom. The second-order valence-electron chi connectivity index (χ2n) is 5.90. The Morgan fingerprint density at radius 1 is 1.14 bits per heavy atom. The van der Waals surface area contributed by atoms with Gasteiger partial charge in [0.1, 0.15) is 11.5 Å². The van der Waals surface area contributed by atoms with Gasteiger partial charge in [0.05, 0.1) is 11.8 Å². The standard InChI is InChI=1S/C20H13NO7/c22-19-15-7-6-14(27-20(23)16-5-2-8-26-16)11-17(15)28-18(19)10-12-3-1-4-13(9-12)21(24)25/h1-11,21,24H. The highest BCUT2D eigenvalue weighted by Gasteiger charge is 2.28. The Bertz CT molecular complexity index is 1080. The molecule has 140 valence electrons. The van der Waals surface area contributed by atoms with E-state index in [2.05, 4.69) is 0 Å². The summed E-state index contributed by atoms with van der Waals surface area (Å²) in [6, 6.07) is 13.6. The number of allylic oxidation sites excluding steroid dienone is 1. The summed E-state index contributed by atoms with van der Waals surface area (Å²) in [5.41, 5.74) is 0.934. The maximum atomic E-state index is 12.5. The number of esters is 1. The number of carbonyl (C=O) groups excluding carboxylic acids is 2. The number of quaternary nitrogens is 1. The Hall–Kier alpha value is -3.72. The zero-order valence-corrected chi connectivity index (χ0v) is 14.2. The number of ketones is 1. The second-order valence-corrected chi connectivity index (χ2v) is 5.90. The minimum absolute atomic E-state index is 0.0482. The summed E-state index contributed by atoms with van der Waals surface area (Å²) >= 11 is 0. The average molecular weight is 379 g/mol. The first-order valence-electron chi connectivity index (χ1n) is 8.18. The van der Waals surface area contributed by atoms with Gasteiger partial charge < -0.3 is 19.1 Å². The van der Waals surface area contributed by atoms with Crippen molar-refractivity contribution < 1.29 is 33.9 Å². The minimum Gasteiger partial charge on any atom is -0.595 e. The number of Topliss-reactive ketones (excluding diaryl/α,β-unsaturated/α-hetero) is 1. The van der Waals surface area contributed by atoms with E-state index in [1.54, 1.807) is 18.2 Å². The molecule has 1 aromatic heterocycles. The Labute approximate surface area is 158 Å². The molecule has 2 heterocycles. The van der Waals surface area contributed by atoms with E-state index in [4.69, 9.17) is 19.1 Å². The van der Waals surface area contributed by atoms with Gasteiger partial charge in [-0.2, -0.15) is 5.23 Å². The number of hydrogen-bond acceptors (Lipinski definition) is 7. The highest BCUT2D eigenvalue weighted by Crippen LogP contribution is 2.35. The van der Waals surface area contributed by atoms with Gasteiger partial charge in [0.25, 0.3) is 0 Å². The van der Waals surface area contributed by atoms with E-state index in [0.717, 1.165) is 0 Å². The van der Waals surface area contributed by atoms with Crippen molar-refractivity contribution in [3.8, 4) is 11.5 Å². The molecular formula is C20H13NO7. The first-order valence-corrected chi connectivity index (χ1v) is 8.18. The maximum Gasteiger partial charge on any atom is 0.379 e. The first kappa shape index (κ1) is 17.7. The van der Waals surface area contributed by atoms with E-state index >= 15 is 0 Å². The third-order valence-corrected chi connectivity index (χ3v) is 4.01. The number of rotatable bonds is 4. The second kappa shape index (κ2) is 7.12. The van der Waals surface area contributed by atoms with Gasteiger partial charge in [0.15, 0.2) is 11.4 Å². The Kier molecular flexibility index (Phi) is 4.50. The number of fused-ring (bicyclic) bond motifs is 1. The van der Waals surface area contributed by atoms with Crippen LogP contribution in [0.3, 0.4) is 0 Å². The van der Waals surface area contributed by atoms with E-state index in [-0.39, 0.29) is 34.5 Å². The summed E-state index contributed by atoms with van der Waals surface area (Å²) in [4.78, 5) is 24.5. The van der Waals surface area contributed by atoms with Crippen LogP contribution in [0.25, 0.3) is 6.08 Å². The monoisotopic (exact) mass is 379 g/mol. The summed E-state index contributed by atoms with van der Waals surface area (Å²) in [6.07, 6.45) is 2.82. The number of nitrogens with one attached hydrogen (secondary N) is 1. The van der Waals surface area contributed by atoms with Gasteiger partial charge in [-0.05, 0) is 35.9 Å². The van der Waals surface area contributed by atoms with Crippen LogP contribution in [0.4, 0.5) is 5.69 Å². The van der Waals surface area contributed by atoms with Crippen LogP contribution in [0.1, 0.15) is 26.5 Å². The lowest BCUT2D eigenvalue weighted by Gasteiger charge is -2.11. The number of furan rings is 1. The van der Waals surface area contributed by atoms with Crippen molar-refractivity contribution in [3.05, 3.63) is 88.7 Å². The van der Waals surface area contributed by atoms with Gasteiger partial charge in [0, 0.05) is 18.2 Å². The predicted octanol–water partition coefficient (Wildman–Crippen LogP) is 2.52. The zero-order chi connectivity index (χ0) is 19.7. The van der Waals surface area contributed by atoms with E-state index in [1.165, 1.54) is 48.7 Å². The third kappa shape index (κ3) is 3.42. The predicted molar refractivity (Wildman–Crippen MR) is 95.3 cm³/mol. The fraction of sp³-hybridized carbons (Fsp3) is 0. The number of ether oxygens (including phenoxy) is 2. The molecule has 4 rings (SSSR count). The lowest BCUT2D eigenvalue weighted by molar-refractivity contribution is -0.991. The molecule has 0 fully saturated rings. The summed E-state index contributed by atoms with van der Waals surface area (Å²) < 4.78 is 15.8. The normalized spacial score (nSPS) is 15.2. The molecule has 1 atom stereocenters. The lowest BCUT2D eigenvalue weighted by atomic mass is 10.1. The molecule has 1 aliphatic heterocycles. The average Bonchev–Trinajstić information content (AvgIpc) is 3.31. The van der Waals surface area contributed by atoms with E-state index < -0.39 is 11.2 Å². The van der Waals surface area contributed by atoms with Crippen LogP contribution in [0.15, 0.2) is 71.0 Å². The van der Waals surface area contributed by atoms with Crippen LogP contribution in [-0.4, -0.2) is 17.0 Å². The summed E-state index contributed by atoms with van der Waals surface area (Å²) in [5, 5.41) is 19.1. The van der Waals surface area contributed by atoms with Gasteiger partial charge in [-0.25, -0.2) is 10.0 Å². The van der Waals surface area contributed by atoms with Gasteiger partial charge in [-0.3, -0.25) is 4.79 Å². The Morgan fingerprint density at radius 3 is 2.75 bits per heavy atom. The largest absolute Gasteiger partial charge is 0.595 e. The molecule has 0 saturated heterocycles. The van der Waals surface area contributed by atoms with E-state index in [1.807, 2.05) is 0 Å². The summed E-state index contributed by atoms with van der Waals surface area (Å²) in [6.45, 7) is 0. The van der Waals surface area contributed by atoms with E-state index in [0.29, 0.717) is 11.1 Å². The van der Waals surface area contributed by atoms with Crippen molar-refractivity contribution in [2.45, 2.75) is 0 Å². The zero-order valence-electron chi connectivity index (χ0n) is 14.2. The molecule has 0 aliphatic carbocycles. The molecular weight excluding hydrogens is 366 g/mol. The van der Waals surface area contributed by atoms with Crippen molar-refractivity contribution in [3.63, 3.8) is 0 Å². The quantitative estimate of drug-likeness (QED) is 0.310. The van der Waals surface area contributed by atoms with Crippen LogP contribution in [0.5, 0.6) is 11.5 Å². The van der Waals surface area contributed by atoms with Gasteiger partial charge in [-0.15, -0.1) is 0 Å². The molecule has 2 aromatic carbocycles. The number of benzene rings is 2. The highest BCUT2D eigenvalue weighted by atomic mass is 16.8. The topological polar surface area (TPSA) is 113 Å². The molecule has 0 saturated carbocycles. The summed E-state index contributed by atoms with van der Waals surface area (Å²) in [5.74, 6) is -0.476. The molecule has 1 aliphatic rings. The summed E-state index contributed by atoms with van der Waals surface area (Å²) in [7, 11) is 0. The van der Waals surface area contributed by atoms with Crippen LogP contribution in [-0.2, 0) is 0 Å². The molecule has 0 amide bonds. The minimum atomic E-state index is -1.06. The molecule has 8 heteroatoms. The van der Waals surface area contributed by atoms with Crippen molar-refractivity contribution in [2.75, 3.05) is 0 Å². The van der Waals surface area contributed by atoms with Gasteiger partial charge in [0.2, 0.25) is 11.5 Å². The smallest absolute Gasteiger partial charge is 0.379 e. The fourth-order valence-electron chi connectivity index (χ4n) is 2.70. The van der Waals surface area contributed by atoms with Gasteiger partial charge >= 0.3 is 5.97 Å². The molecule has 0 spiro atoms. The lowest BCUT2D eigenvalue weighted by Crippen LogP contribution is -2.99. The molecule has 8 nitrogen and oxygen atoms in total. The fourth-order valence-corrected chi connectivity index (χ4v) is 2.70. The van der Waals surface area contributed by atoms with Crippen molar-refractivity contribution in [1.82, 2.24) is 0 Å². The van der Waals surface area contributed by atoms with Crippen molar-refractivity contribution in [2.24, 2.45) is 0 Å². The molecule has 2 N–H and O–H groups in total. The molecule has 1 unspecified atom stereocenters. The number of hydrogen-bond donors (Lipinski definition) is 2. The SMILES string of the molecule is O=C(Oc1ccc2c(c1)OC(=Cc1cccc([NH+]([O-])O)c1)C2=O)c1ccco1. The van der Waals surface area contributed by atoms with Gasteiger partial charge in [-0.1, -0.05) is 12.1 Å². The molecule has 3 aromatic rings. The maximum absolute atomic E-state index is 12.5. The van der Waals surface area contributed by atoms with Crippen LogP contribution in [0, 0.1) is 5.21 Å². The number of carbonyl (C=O) groups is 2. The molecule has 28 heavy (non-hydrogen) atoms. The molecule has 0 radical (unpaired) electrons. The van der Waals surface area contributed by atoms with Crippen LogP contribution < -0.4 is 14.7 Å². The third-order valence-electron chi connectivity index (χ3n) is 4.01. The molecule has 0 bridgehead atoms. The van der Waals surface area contributed by atoms with Crippen molar-refractivity contribution in [1.29, 1.82) is 0 Å². The van der Waals surface area contributed by atoms with E-state index in [9.17, 15) is 14.8 Å². The first-order chi connectivity index (χ1) is 13.5. The highest BCUT2D eigenvalue weighted by molar-refractivity contribution is 6.14. The van der Waals surface area contributed by atoms with Crippen LogP contribution in [0.2, 0.25) is 0 Å². The Balaban J connectivity index is 1.56. The van der Waals surface area contributed by atoms with Crippen LogP contribution >= 0.6 is 0 Å².